The van der Waals surface area contributed by atoms with E-state index >= 15 is 0 Å². The second-order valence-electron chi connectivity index (χ2n) is 5.90. The molecule has 20 heavy (non-hydrogen) atoms. The predicted octanol–water partition coefficient (Wildman–Crippen LogP) is 4.46. The second-order valence-corrected chi connectivity index (χ2v) is 6.71. The van der Waals surface area contributed by atoms with Crippen molar-refractivity contribution in [3.63, 3.8) is 0 Å². The van der Waals surface area contributed by atoms with Crippen molar-refractivity contribution in [3.05, 3.63) is 53.0 Å². The highest BCUT2D eigenvalue weighted by atomic mass is 79.9. The van der Waals surface area contributed by atoms with Crippen LogP contribution < -0.4 is 0 Å². The number of rotatable bonds is 1. The Balaban J connectivity index is 2.14. The first kappa shape index (κ1) is 13.3. The number of aromatic nitrogens is 3. The van der Waals surface area contributed by atoms with E-state index in [0.29, 0.717) is 0 Å². The van der Waals surface area contributed by atoms with Crippen molar-refractivity contribution < 1.29 is 0 Å². The van der Waals surface area contributed by atoms with Crippen LogP contribution in [-0.2, 0) is 5.41 Å². The van der Waals surface area contributed by atoms with E-state index < -0.39 is 0 Å². The number of imidazole rings is 1. The third kappa shape index (κ3) is 2.36. The quantitative estimate of drug-likeness (QED) is 0.660. The Morgan fingerprint density at radius 2 is 1.80 bits per heavy atom. The molecule has 1 aromatic carbocycles. The first-order valence-corrected chi connectivity index (χ1v) is 7.34. The first-order valence-electron chi connectivity index (χ1n) is 6.55. The van der Waals surface area contributed by atoms with E-state index in [4.69, 9.17) is 0 Å². The van der Waals surface area contributed by atoms with E-state index in [1.807, 2.05) is 16.8 Å². The summed E-state index contributed by atoms with van der Waals surface area (Å²) in [5, 5.41) is 0. The van der Waals surface area contributed by atoms with Crippen LogP contribution in [0.1, 0.15) is 26.3 Å². The highest BCUT2D eigenvalue weighted by Crippen LogP contribution is 2.27. The number of nitrogens with zero attached hydrogens (tertiary/aromatic N) is 3. The molecule has 0 bridgehead atoms. The maximum atomic E-state index is 4.57. The number of benzene rings is 1. The van der Waals surface area contributed by atoms with Crippen molar-refractivity contribution in [2.75, 3.05) is 0 Å². The smallest absolute Gasteiger partial charge is 0.163 e. The highest BCUT2D eigenvalue weighted by molar-refractivity contribution is 9.10. The number of hydrogen-bond donors (Lipinski definition) is 0. The largest absolute Gasteiger partial charge is 0.303 e. The van der Waals surface area contributed by atoms with Crippen LogP contribution in [0, 0.1) is 0 Å². The molecule has 0 atom stereocenters. The summed E-state index contributed by atoms with van der Waals surface area (Å²) in [6.45, 7) is 6.64. The molecule has 0 aliphatic heterocycles. The van der Waals surface area contributed by atoms with Gasteiger partial charge in [0.05, 0.1) is 0 Å². The molecule has 3 aromatic rings. The zero-order valence-electron chi connectivity index (χ0n) is 11.8. The Kier molecular flexibility index (Phi) is 3.13. The summed E-state index contributed by atoms with van der Waals surface area (Å²) >= 11 is 3.45. The Labute approximate surface area is 126 Å². The summed E-state index contributed by atoms with van der Waals surface area (Å²) in [5.74, 6) is 0. The van der Waals surface area contributed by atoms with Gasteiger partial charge in [0.25, 0.3) is 0 Å². The summed E-state index contributed by atoms with van der Waals surface area (Å²) in [5.41, 5.74) is 4.32. The molecule has 4 heteroatoms. The molecule has 0 radical (unpaired) electrons. The molecule has 2 aromatic heterocycles. The maximum Gasteiger partial charge on any atom is 0.163 e. The fourth-order valence-corrected chi connectivity index (χ4v) is 2.62. The van der Waals surface area contributed by atoms with Crippen molar-refractivity contribution in [2.45, 2.75) is 26.2 Å². The van der Waals surface area contributed by atoms with Crippen molar-refractivity contribution >= 4 is 21.6 Å². The molecule has 3 rings (SSSR count). The lowest BCUT2D eigenvalue weighted by atomic mass is 9.86. The zero-order valence-corrected chi connectivity index (χ0v) is 13.3. The zero-order chi connectivity index (χ0) is 14.3. The van der Waals surface area contributed by atoms with Crippen LogP contribution in [-0.4, -0.2) is 14.4 Å². The van der Waals surface area contributed by atoms with E-state index in [0.717, 1.165) is 21.5 Å². The average Bonchev–Trinajstić information content (AvgIpc) is 2.85. The molecular formula is C16H16BrN3. The van der Waals surface area contributed by atoms with Gasteiger partial charge >= 0.3 is 0 Å². The number of halogens is 1. The fourth-order valence-electron chi connectivity index (χ4n) is 2.22. The first-order chi connectivity index (χ1) is 9.45. The van der Waals surface area contributed by atoms with Gasteiger partial charge in [0, 0.05) is 24.2 Å². The molecule has 0 unspecified atom stereocenters. The second kappa shape index (κ2) is 4.70. The molecule has 0 aliphatic rings. The Hall–Kier alpha value is -1.68. The lowest BCUT2D eigenvalue weighted by Gasteiger charge is -2.19. The lowest BCUT2D eigenvalue weighted by Crippen LogP contribution is -2.10. The monoisotopic (exact) mass is 329 g/mol. The molecule has 102 valence electrons. The molecule has 3 nitrogen and oxygen atoms in total. The molecule has 0 fully saturated rings. The van der Waals surface area contributed by atoms with E-state index in [9.17, 15) is 0 Å². The van der Waals surface area contributed by atoms with Crippen molar-refractivity contribution in [1.82, 2.24) is 14.4 Å². The van der Waals surface area contributed by atoms with Crippen LogP contribution >= 0.6 is 15.9 Å². The Morgan fingerprint density at radius 3 is 2.45 bits per heavy atom. The van der Waals surface area contributed by atoms with Crippen LogP contribution in [0.4, 0.5) is 0 Å². The van der Waals surface area contributed by atoms with Crippen LogP contribution in [0.25, 0.3) is 16.9 Å². The minimum Gasteiger partial charge on any atom is -0.303 e. The SMILES string of the molecule is CC(C)(C)c1ccc(-c2nc(Br)cn3ccnc23)cc1. The summed E-state index contributed by atoms with van der Waals surface area (Å²) in [4.78, 5) is 8.96. The molecule has 0 saturated carbocycles. The number of fused-ring (bicyclic) bond motifs is 1. The molecule has 0 aliphatic carbocycles. The van der Waals surface area contributed by atoms with Crippen LogP contribution in [0.3, 0.4) is 0 Å². The van der Waals surface area contributed by atoms with Crippen LogP contribution in [0.15, 0.2) is 47.5 Å². The van der Waals surface area contributed by atoms with Crippen LogP contribution in [0.2, 0.25) is 0 Å². The highest BCUT2D eigenvalue weighted by Gasteiger charge is 2.14. The molecule has 2 heterocycles. The fraction of sp³-hybridized carbons (Fsp3) is 0.250. The minimum atomic E-state index is 0.159. The van der Waals surface area contributed by atoms with Gasteiger partial charge in [-0.25, -0.2) is 9.97 Å². The molecular weight excluding hydrogens is 314 g/mol. The van der Waals surface area contributed by atoms with E-state index in [-0.39, 0.29) is 5.41 Å². The predicted molar refractivity (Wildman–Crippen MR) is 84.8 cm³/mol. The Morgan fingerprint density at radius 1 is 1.10 bits per heavy atom. The average molecular weight is 330 g/mol. The number of hydrogen-bond acceptors (Lipinski definition) is 2. The Bertz CT molecular complexity index is 751. The lowest BCUT2D eigenvalue weighted by molar-refractivity contribution is 0.590. The third-order valence-electron chi connectivity index (χ3n) is 3.37. The summed E-state index contributed by atoms with van der Waals surface area (Å²) in [6, 6.07) is 8.56. The van der Waals surface area contributed by atoms with Gasteiger partial charge in [-0.1, -0.05) is 45.0 Å². The van der Waals surface area contributed by atoms with E-state index in [2.05, 4.69) is 70.9 Å². The van der Waals surface area contributed by atoms with Crippen molar-refractivity contribution in [2.24, 2.45) is 0 Å². The van der Waals surface area contributed by atoms with Crippen molar-refractivity contribution in [3.8, 4) is 11.3 Å². The standard InChI is InChI=1S/C16H16BrN3/c1-16(2,3)12-6-4-11(5-7-12)14-15-18-8-9-20(15)10-13(17)19-14/h4-10H,1-3H3. The van der Waals surface area contributed by atoms with Crippen molar-refractivity contribution in [1.29, 1.82) is 0 Å². The molecule has 0 amide bonds. The summed E-state index contributed by atoms with van der Waals surface area (Å²) in [6.07, 6.45) is 5.63. The van der Waals surface area contributed by atoms with E-state index in [1.54, 1.807) is 6.20 Å². The minimum absolute atomic E-state index is 0.159. The van der Waals surface area contributed by atoms with E-state index in [1.165, 1.54) is 5.56 Å². The van der Waals surface area contributed by atoms with Gasteiger partial charge in [0.15, 0.2) is 5.65 Å². The van der Waals surface area contributed by atoms with Gasteiger partial charge in [-0.2, -0.15) is 0 Å². The topological polar surface area (TPSA) is 30.2 Å². The van der Waals surface area contributed by atoms with Gasteiger partial charge in [-0.05, 0) is 26.9 Å². The molecule has 0 saturated heterocycles. The van der Waals surface area contributed by atoms with Gasteiger partial charge < -0.3 is 4.40 Å². The summed E-state index contributed by atoms with van der Waals surface area (Å²) in [7, 11) is 0. The maximum absolute atomic E-state index is 4.57. The molecule has 0 spiro atoms. The third-order valence-corrected chi connectivity index (χ3v) is 3.75. The van der Waals surface area contributed by atoms with Gasteiger partial charge in [-0.3, -0.25) is 0 Å². The van der Waals surface area contributed by atoms with Gasteiger partial charge in [-0.15, -0.1) is 0 Å². The normalized spacial score (nSPS) is 12.0. The van der Waals surface area contributed by atoms with Crippen LogP contribution in [0.5, 0.6) is 0 Å². The molecule has 0 N–H and O–H groups in total. The van der Waals surface area contributed by atoms with Gasteiger partial charge in [0.1, 0.15) is 10.3 Å². The van der Waals surface area contributed by atoms with Gasteiger partial charge in [0.2, 0.25) is 0 Å². The summed E-state index contributed by atoms with van der Waals surface area (Å²) < 4.78 is 2.78.